The lowest BCUT2D eigenvalue weighted by Crippen LogP contribution is -2.31. The van der Waals surface area contributed by atoms with Gasteiger partial charge in [-0.2, -0.15) is 0 Å². The van der Waals surface area contributed by atoms with Gasteiger partial charge in [-0.05, 0) is 6.42 Å². The van der Waals surface area contributed by atoms with Crippen molar-refractivity contribution in [3.05, 3.63) is 30.0 Å². The van der Waals surface area contributed by atoms with Gasteiger partial charge in [0.1, 0.15) is 5.82 Å². The molecule has 9 heteroatoms. The van der Waals surface area contributed by atoms with Crippen LogP contribution >= 0.6 is 0 Å². The summed E-state index contributed by atoms with van der Waals surface area (Å²) in [7, 11) is 0. The molecule has 1 aliphatic rings. The highest BCUT2D eigenvalue weighted by atomic mass is 16.4. The smallest absolute Gasteiger partial charge is 0.230 e. The molecular weight excluding hydrogens is 320 g/mol. The Hall–Kier alpha value is -2.55. The predicted molar refractivity (Wildman–Crippen MR) is 91.3 cm³/mol. The van der Waals surface area contributed by atoms with Crippen molar-refractivity contribution < 1.29 is 4.42 Å². The number of nitrogens with zero attached hydrogens (tertiary/aromatic N) is 8. The number of aromatic nitrogens is 6. The van der Waals surface area contributed by atoms with Gasteiger partial charge in [-0.25, -0.2) is 4.98 Å². The number of hydrogen-bond acceptors (Lipinski definition) is 8. The molecule has 0 aromatic carbocycles. The average molecular weight is 342 g/mol. The molecule has 0 amide bonds. The Labute approximate surface area is 145 Å². The molecule has 0 aliphatic carbocycles. The minimum absolute atomic E-state index is 0.612. The van der Waals surface area contributed by atoms with Gasteiger partial charge in [0.25, 0.3) is 0 Å². The third-order valence-electron chi connectivity index (χ3n) is 4.51. The summed E-state index contributed by atoms with van der Waals surface area (Å²) in [5, 5.41) is 16.6. The molecule has 0 unspecified atom stereocenters. The molecule has 0 radical (unpaired) electrons. The molecule has 0 saturated carbocycles. The fourth-order valence-electron chi connectivity index (χ4n) is 3.26. The van der Waals surface area contributed by atoms with E-state index in [1.807, 2.05) is 23.7 Å². The van der Waals surface area contributed by atoms with E-state index < -0.39 is 0 Å². The zero-order valence-corrected chi connectivity index (χ0v) is 14.6. The summed E-state index contributed by atoms with van der Waals surface area (Å²) in [6, 6.07) is 0. The Morgan fingerprint density at radius 3 is 2.80 bits per heavy atom. The molecule has 3 aromatic rings. The van der Waals surface area contributed by atoms with Crippen molar-refractivity contribution >= 4 is 11.5 Å². The van der Waals surface area contributed by atoms with E-state index in [1.54, 1.807) is 0 Å². The van der Waals surface area contributed by atoms with Crippen LogP contribution in [0.25, 0.3) is 5.65 Å². The van der Waals surface area contributed by atoms with Crippen LogP contribution in [0.4, 0.5) is 5.82 Å². The first-order chi connectivity index (χ1) is 12.2. The first kappa shape index (κ1) is 15.9. The SMILES string of the molecule is CCc1nnc2c(N3CCCN(Cc4nnc(C)o4)CC3)nccn12. The molecular formula is C16H22N8O. The molecule has 1 fully saturated rings. The van der Waals surface area contributed by atoms with Crippen molar-refractivity contribution in [1.82, 2.24) is 34.7 Å². The van der Waals surface area contributed by atoms with E-state index >= 15 is 0 Å². The quantitative estimate of drug-likeness (QED) is 0.696. The van der Waals surface area contributed by atoms with Crippen molar-refractivity contribution in [2.24, 2.45) is 0 Å². The molecule has 0 bridgehead atoms. The Kier molecular flexibility index (Phi) is 4.31. The average Bonchev–Trinajstić information content (AvgIpc) is 3.15. The van der Waals surface area contributed by atoms with Crippen LogP contribution < -0.4 is 4.90 Å². The van der Waals surface area contributed by atoms with Crippen molar-refractivity contribution in [1.29, 1.82) is 0 Å². The van der Waals surface area contributed by atoms with Crippen LogP contribution in [-0.2, 0) is 13.0 Å². The van der Waals surface area contributed by atoms with Crippen molar-refractivity contribution in [2.45, 2.75) is 33.2 Å². The lowest BCUT2D eigenvalue weighted by molar-refractivity contribution is 0.253. The highest BCUT2D eigenvalue weighted by Crippen LogP contribution is 2.20. The Morgan fingerprint density at radius 2 is 2.00 bits per heavy atom. The minimum atomic E-state index is 0.612. The summed E-state index contributed by atoms with van der Waals surface area (Å²) in [5.41, 5.74) is 0.834. The summed E-state index contributed by atoms with van der Waals surface area (Å²) in [6.07, 6.45) is 5.65. The van der Waals surface area contributed by atoms with E-state index in [2.05, 4.69) is 42.1 Å². The summed E-state index contributed by atoms with van der Waals surface area (Å²) in [4.78, 5) is 9.21. The number of fused-ring (bicyclic) bond motifs is 1. The summed E-state index contributed by atoms with van der Waals surface area (Å²) in [5.74, 6) is 3.16. The molecule has 9 nitrogen and oxygen atoms in total. The summed E-state index contributed by atoms with van der Waals surface area (Å²) < 4.78 is 7.53. The van der Waals surface area contributed by atoms with E-state index in [0.717, 1.165) is 56.3 Å². The number of hydrogen-bond donors (Lipinski definition) is 0. The maximum atomic E-state index is 5.50. The molecule has 1 saturated heterocycles. The lowest BCUT2D eigenvalue weighted by Gasteiger charge is -2.22. The van der Waals surface area contributed by atoms with Crippen LogP contribution in [0.3, 0.4) is 0 Å². The van der Waals surface area contributed by atoms with Gasteiger partial charge in [-0.15, -0.1) is 20.4 Å². The van der Waals surface area contributed by atoms with Crippen molar-refractivity contribution in [3.8, 4) is 0 Å². The highest BCUT2D eigenvalue weighted by Gasteiger charge is 2.21. The van der Waals surface area contributed by atoms with Gasteiger partial charge in [-0.1, -0.05) is 6.92 Å². The zero-order valence-electron chi connectivity index (χ0n) is 14.6. The molecule has 4 rings (SSSR count). The normalized spacial score (nSPS) is 16.5. The fraction of sp³-hybridized carbons (Fsp3) is 0.562. The molecule has 0 atom stereocenters. The van der Waals surface area contributed by atoms with E-state index in [1.165, 1.54) is 0 Å². The number of anilines is 1. The van der Waals surface area contributed by atoms with E-state index in [-0.39, 0.29) is 0 Å². The minimum Gasteiger partial charge on any atom is -0.424 e. The molecule has 25 heavy (non-hydrogen) atoms. The number of aryl methyl sites for hydroxylation is 2. The van der Waals surface area contributed by atoms with Crippen LogP contribution in [0.2, 0.25) is 0 Å². The van der Waals surface area contributed by atoms with Crippen molar-refractivity contribution in [3.63, 3.8) is 0 Å². The van der Waals surface area contributed by atoms with Crippen molar-refractivity contribution in [2.75, 3.05) is 31.1 Å². The van der Waals surface area contributed by atoms with E-state index in [0.29, 0.717) is 18.3 Å². The van der Waals surface area contributed by atoms with Crippen LogP contribution in [-0.4, -0.2) is 60.9 Å². The molecule has 0 spiro atoms. The molecule has 132 valence electrons. The van der Waals surface area contributed by atoms with Gasteiger partial charge in [0, 0.05) is 51.9 Å². The fourth-order valence-corrected chi connectivity index (χ4v) is 3.26. The second-order valence-electron chi connectivity index (χ2n) is 6.25. The second kappa shape index (κ2) is 6.75. The highest BCUT2D eigenvalue weighted by molar-refractivity contribution is 5.63. The Morgan fingerprint density at radius 1 is 1.08 bits per heavy atom. The van der Waals surface area contributed by atoms with Gasteiger partial charge in [-0.3, -0.25) is 9.30 Å². The Bertz CT molecular complexity index is 857. The van der Waals surface area contributed by atoms with Gasteiger partial charge < -0.3 is 9.32 Å². The van der Waals surface area contributed by atoms with Crippen LogP contribution in [0.1, 0.15) is 31.0 Å². The second-order valence-corrected chi connectivity index (χ2v) is 6.25. The number of rotatable bonds is 4. The summed E-state index contributed by atoms with van der Waals surface area (Å²) >= 11 is 0. The predicted octanol–water partition coefficient (Wildman–Crippen LogP) is 1.09. The van der Waals surface area contributed by atoms with Gasteiger partial charge in [0.15, 0.2) is 5.82 Å². The topological polar surface area (TPSA) is 88.5 Å². The van der Waals surface area contributed by atoms with Gasteiger partial charge >= 0.3 is 0 Å². The van der Waals surface area contributed by atoms with E-state index in [4.69, 9.17) is 4.42 Å². The summed E-state index contributed by atoms with van der Waals surface area (Å²) in [6.45, 7) is 8.33. The van der Waals surface area contributed by atoms with Gasteiger partial charge in [0.2, 0.25) is 17.4 Å². The van der Waals surface area contributed by atoms with Crippen LogP contribution in [0, 0.1) is 6.92 Å². The third kappa shape index (κ3) is 3.19. The lowest BCUT2D eigenvalue weighted by atomic mass is 10.3. The molecule has 0 N–H and O–H groups in total. The third-order valence-corrected chi connectivity index (χ3v) is 4.51. The van der Waals surface area contributed by atoms with Gasteiger partial charge in [0.05, 0.1) is 6.54 Å². The van der Waals surface area contributed by atoms with Crippen LogP contribution in [0.5, 0.6) is 0 Å². The first-order valence-electron chi connectivity index (χ1n) is 8.69. The maximum Gasteiger partial charge on any atom is 0.230 e. The molecule has 1 aliphatic heterocycles. The Balaban J connectivity index is 1.50. The molecule has 4 heterocycles. The monoisotopic (exact) mass is 342 g/mol. The molecule has 3 aromatic heterocycles. The first-order valence-corrected chi connectivity index (χ1v) is 8.69. The zero-order chi connectivity index (χ0) is 17.2. The standard InChI is InChI=1S/C16H22N8O/c1-3-13-19-21-16-15(17-5-8-24(13)16)23-7-4-6-22(9-10-23)11-14-20-18-12(2)25-14/h5,8H,3-4,6-7,9-11H2,1-2H3. The van der Waals surface area contributed by atoms with Crippen LogP contribution in [0.15, 0.2) is 16.8 Å². The largest absolute Gasteiger partial charge is 0.424 e. The maximum absolute atomic E-state index is 5.50. The van der Waals surface area contributed by atoms with E-state index in [9.17, 15) is 0 Å².